The Morgan fingerprint density at radius 2 is 1.62 bits per heavy atom. The number of halogens is 5. The van der Waals surface area contributed by atoms with Gasteiger partial charge in [0.2, 0.25) is 0 Å². The quantitative estimate of drug-likeness (QED) is 0.592. The third-order valence-electron chi connectivity index (χ3n) is 3.05. The SMILES string of the molecule is Cc1cccc(S(=O)(=O)OC(F)(c2cc(F)cc(F)c2)C(F)F)c1. The molecule has 0 heterocycles. The van der Waals surface area contributed by atoms with E-state index in [0.29, 0.717) is 11.6 Å². The molecule has 2 aromatic carbocycles. The maximum absolute atomic E-state index is 14.6. The third kappa shape index (κ3) is 3.73. The Morgan fingerprint density at radius 3 is 2.12 bits per heavy atom. The summed E-state index contributed by atoms with van der Waals surface area (Å²) in [6, 6.07) is 5.71. The first-order chi connectivity index (χ1) is 11.0. The highest BCUT2D eigenvalue weighted by atomic mass is 32.2. The Bertz CT molecular complexity index is 834. The molecule has 1 unspecified atom stereocenters. The van der Waals surface area contributed by atoms with Crippen LogP contribution in [0.15, 0.2) is 47.4 Å². The average molecular weight is 366 g/mol. The van der Waals surface area contributed by atoms with Crippen molar-refractivity contribution < 1.29 is 34.6 Å². The fourth-order valence-electron chi connectivity index (χ4n) is 1.94. The standard InChI is InChI=1S/C15H11F5O3S/c1-9-3-2-4-13(5-9)24(21,22)23-15(20,14(18)19)10-6-11(16)8-12(17)7-10/h2-8,14H,1H3. The van der Waals surface area contributed by atoms with Gasteiger partial charge in [-0.05, 0) is 36.8 Å². The van der Waals surface area contributed by atoms with Gasteiger partial charge in [-0.25, -0.2) is 21.7 Å². The zero-order valence-electron chi connectivity index (χ0n) is 12.1. The summed E-state index contributed by atoms with van der Waals surface area (Å²) in [4.78, 5) is -0.568. The van der Waals surface area contributed by atoms with E-state index in [9.17, 15) is 30.4 Å². The Hall–Kier alpha value is -2.00. The normalized spacial score (nSPS) is 14.6. The average Bonchev–Trinajstić information content (AvgIpc) is 2.45. The van der Waals surface area contributed by atoms with Crippen LogP contribution in [0.1, 0.15) is 11.1 Å². The molecule has 9 heteroatoms. The maximum atomic E-state index is 14.6. The van der Waals surface area contributed by atoms with Crippen molar-refractivity contribution in [3.8, 4) is 0 Å². The molecule has 0 N–H and O–H groups in total. The van der Waals surface area contributed by atoms with Gasteiger partial charge in [0.15, 0.2) is 0 Å². The second-order valence-electron chi connectivity index (χ2n) is 4.96. The van der Waals surface area contributed by atoms with Crippen LogP contribution in [0.2, 0.25) is 0 Å². The first kappa shape index (κ1) is 18.3. The van der Waals surface area contributed by atoms with Crippen molar-refractivity contribution in [2.45, 2.75) is 24.1 Å². The minimum Gasteiger partial charge on any atom is -0.216 e. The van der Waals surface area contributed by atoms with Gasteiger partial charge in [0.25, 0.3) is 10.1 Å². The zero-order chi connectivity index (χ0) is 18.1. The van der Waals surface area contributed by atoms with Gasteiger partial charge in [0.1, 0.15) is 11.6 Å². The lowest BCUT2D eigenvalue weighted by Gasteiger charge is -2.24. The van der Waals surface area contributed by atoms with E-state index in [1.807, 2.05) is 0 Å². The maximum Gasteiger partial charge on any atom is 0.311 e. The lowest BCUT2D eigenvalue weighted by atomic mass is 10.1. The fraction of sp³-hybridized carbons (Fsp3) is 0.200. The smallest absolute Gasteiger partial charge is 0.216 e. The van der Waals surface area contributed by atoms with Crippen molar-refractivity contribution in [3.05, 3.63) is 65.2 Å². The predicted octanol–water partition coefficient (Wildman–Crippen LogP) is 4.07. The molecule has 24 heavy (non-hydrogen) atoms. The van der Waals surface area contributed by atoms with Crippen LogP contribution in [-0.2, 0) is 20.2 Å². The molecule has 0 aromatic heterocycles. The molecule has 0 aliphatic carbocycles. The van der Waals surface area contributed by atoms with E-state index >= 15 is 0 Å². The van der Waals surface area contributed by atoms with Crippen molar-refractivity contribution in [2.75, 3.05) is 0 Å². The van der Waals surface area contributed by atoms with E-state index in [0.717, 1.165) is 12.1 Å². The molecule has 3 nitrogen and oxygen atoms in total. The number of aryl methyl sites for hydroxylation is 1. The monoisotopic (exact) mass is 366 g/mol. The first-order valence-electron chi connectivity index (χ1n) is 6.50. The largest absolute Gasteiger partial charge is 0.311 e. The molecule has 2 aromatic rings. The van der Waals surface area contributed by atoms with Crippen molar-refractivity contribution >= 4 is 10.1 Å². The van der Waals surface area contributed by atoms with E-state index in [2.05, 4.69) is 4.18 Å². The molecular formula is C15H11F5O3S. The van der Waals surface area contributed by atoms with E-state index in [1.165, 1.54) is 19.1 Å². The summed E-state index contributed by atoms with van der Waals surface area (Å²) in [5.74, 6) is -6.96. The van der Waals surface area contributed by atoms with Gasteiger partial charge >= 0.3 is 12.3 Å². The molecule has 0 radical (unpaired) electrons. The summed E-state index contributed by atoms with van der Waals surface area (Å²) in [7, 11) is -4.96. The number of alkyl halides is 3. The Labute approximate surface area is 134 Å². The van der Waals surface area contributed by atoms with Crippen molar-refractivity contribution in [1.82, 2.24) is 0 Å². The number of hydrogen-bond donors (Lipinski definition) is 0. The van der Waals surface area contributed by atoms with Crippen LogP contribution in [0.25, 0.3) is 0 Å². The van der Waals surface area contributed by atoms with Gasteiger partial charge in [-0.2, -0.15) is 12.8 Å². The molecule has 0 bridgehead atoms. The summed E-state index contributed by atoms with van der Waals surface area (Å²) in [5.41, 5.74) is -0.829. The second kappa shape index (κ2) is 6.48. The molecule has 0 fully saturated rings. The van der Waals surface area contributed by atoms with E-state index in [4.69, 9.17) is 0 Å². The Morgan fingerprint density at radius 1 is 1.04 bits per heavy atom. The van der Waals surface area contributed by atoms with Crippen molar-refractivity contribution in [1.29, 1.82) is 0 Å². The number of rotatable bonds is 5. The third-order valence-corrected chi connectivity index (χ3v) is 4.34. The highest BCUT2D eigenvalue weighted by Crippen LogP contribution is 2.38. The Balaban J connectivity index is 2.51. The summed E-state index contributed by atoms with van der Waals surface area (Å²) in [6.07, 6.45) is -4.02. The van der Waals surface area contributed by atoms with Gasteiger partial charge in [-0.1, -0.05) is 12.1 Å². The first-order valence-corrected chi connectivity index (χ1v) is 7.91. The summed E-state index contributed by atoms with van der Waals surface area (Å²) in [6.45, 7) is 1.52. The summed E-state index contributed by atoms with van der Waals surface area (Å²) in [5, 5.41) is 0. The zero-order valence-corrected chi connectivity index (χ0v) is 13.0. The van der Waals surface area contributed by atoms with Gasteiger partial charge < -0.3 is 0 Å². The van der Waals surface area contributed by atoms with Crippen LogP contribution in [0, 0.1) is 18.6 Å². The van der Waals surface area contributed by atoms with Crippen LogP contribution in [0.3, 0.4) is 0 Å². The number of hydrogen-bond acceptors (Lipinski definition) is 3. The molecule has 0 saturated heterocycles. The molecule has 0 saturated carbocycles. The lowest BCUT2D eigenvalue weighted by Crippen LogP contribution is -2.35. The van der Waals surface area contributed by atoms with Gasteiger partial charge in [-0.3, -0.25) is 0 Å². The molecule has 1 atom stereocenters. The van der Waals surface area contributed by atoms with Crippen LogP contribution in [0.4, 0.5) is 22.0 Å². The number of benzene rings is 2. The van der Waals surface area contributed by atoms with Gasteiger partial charge in [-0.15, -0.1) is 0 Å². The molecular weight excluding hydrogens is 355 g/mol. The van der Waals surface area contributed by atoms with Gasteiger partial charge in [0.05, 0.1) is 4.90 Å². The molecule has 0 aliphatic rings. The van der Waals surface area contributed by atoms with Crippen LogP contribution >= 0.6 is 0 Å². The Kier molecular flexibility index (Phi) is 4.95. The van der Waals surface area contributed by atoms with Crippen LogP contribution in [0.5, 0.6) is 0 Å². The highest BCUT2D eigenvalue weighted by molar-refractivity contribution is 7.86. The minimum absolute atomic E-state index is 0.237. The predicted molar refractivity (Wildman–Crippen MR) is 74.6 cm³/mol. The van der Waals surface area contributed by atoms with E-state index < -0.39 is 44.5 Å². The molecule has 130 valence electrons. The molecule has 0 spiro atoms. The lowest BCUT2D eigenvalue weighted by molar-refractivity contribution is -0.171. The summed E-state index contributed by atoms with van der Waals surface area (Å²) < 4.78 is 95.4. The van der Waals surface area contributed by atoms with Crippen LogP contribution in [-0.4, -0.2) is 14.8 Å². The van der Waals surface area contributed by atoms with Crippen molar-refractivity contribution in [3.63, 3.8) is 0 Å². The topological polar surface area (TPSA) is 43.4 Å². The second-order valence-corrected chi connectivity index (χ2v) is 6.50. The van der Waals surface area contributed by atoms with E-state index in [-0.39, 0.29) is 12.1 Å². The fourth-order valence-corrected chi connectivity index (χ4v) is 3.10. The molecule has 2 rings (SSSR count). The van der Waals surface area contributed by atoms with Crippen molar-refractivity contribution in [2.24, 2.45) is 0 Å². The molecule has 0 aliphatic heterocycles. The highest BCUT2D eigenvalue weighted by Gasteiger charge is 2.48. The van der Waals surface area contributed by atoms with E-state index in [1.54, 1.807) is 0 Å². The van der Waals surface area contributed by atoms with Gasteiger partial charge in [0, 0.05) is 11.6 Å². The summed E-state index contributed by atoms with van der Waals surface area (Å²) >= 11 is 0. The van der Waals surface area contributed by atoms with Crippen LogP contribution < -0.4 is 0 Å². The molecule has 0 amide bonds. The minimum atomic E-state index is -4.96.